The zero-order valence-corrected chi connectivity index (χ0v) is 8.47. The van der Waals surface area contributed by atoms with Crippen LogP contribution in [0.3, 0.4) is 0 Å². The molecule has 0 rings (SSSR count). The maximum Gasteiger partial charge on any atom is 0.440 e. The van der Waals surface area contributed by atoms with Gasteiger partial charge in [-0.2, -0.15) is 26.3 Å². The summed E-state index contributed by atoms with van der Waals surface area (Å²) in [5, 5.41) is 8.40. The smallest absolute Gasteiger partial charge is 0.440 e. The van der Waals surface area contributed by atoms with E-state index in [1.54, 1.807) is 0 Å². The number of alkyl halides is 6. The molecule has 0 aromatic heterocycles. The number of hydrogen-bond acceptors (Lipinski definition) is 4. The van der Waals surface area contributed by atoms with E-state index in [0.717, 1.165) is 12.0 Å². The summed E-state index contributed by atoms with van der Waals surface area (Å²) in [5.74, 6) is -2.94. The minimum atomic E-state index is -6.40. The molecule has 5 nitrogen and oxygen atoms in total. The molecule has 0 radical (unpaired) electrons. The molecule has 106 valence electrons. The van der Waals surface area contributed by atoms with E-state index >= 15 is 0 Å². The van der Waals surface area contributed by atoms with Crippen molar-refractivity contribution in [2.75, 3.05) is 6.61 Å². The highest BCUT2D eigenvalue weighted by Crippen LogP contribution is 2.47. The van der Waals surface area contributed by atoms with E-state index in [-0.39, 0.29) is 0 Å². The maximum atomic E-state index is 12.4. The lowest BCUT2D eigenvalue weighted by Crippen LogP contribution is -2.62. The lowest BCUT2D eigenvalue weighted by molar-refractivity contribution is -0.718. The molecule has 0 saturated carbocycles. The highest BCUT2D eigenvalue weighted by atomic mass is 19.4. The third-order valence-corrected chi connectivity index (χ3v) is 1.62. The van der Waals surface area contributed by atoms with Crippen molar-refractivity contribution in [2.24, 2.45) is 5.11 Å². The quantitative estimate of drug-likeness (QED) is 0.263. The van der Waals surface area contributed by atoms with Crippen LogP contribution < -0.4 is 0 Å². The second-order valence-corrected chi connectivity index (χ2v) is 2.75. The highest BCUT2D eigenvalue weighted by molar-refractivity contribution is 5.83. The van der Waals surface area contributed by atoms with Gasteiger partial charge >= 0.3 is 23.9 Å². The lowest BCUT2D eigenvalue weighted by atomic mass is 9.99. The lowest BCUT2D eigenvalue weighted by Gasteiger charge is -2.27. The molecule has 0 saturated heterocycles. The SMILES string of the molecule is CCOC(=O)C(N=[N+]([O-])F)(C(F)(F)F)C(F)(F)F. The van der Waals surface area contributed by atoms with Gasteiger partial charge in [0.1, 0.15) is 4.48 Å². The van der Waals surface area contributed by atoms with Crippen LogP contribution in [0.5, 0.6) is 0 Å². The zero-order chi connectivity index (χ0) is 14.8. The summed E-state index contributed by atoms with van der Waals surface area (Å²) in [5.41, 5.74) is -5.59. The summed E-state index contributed by atoms with van der Waals surface area (Å²) in [6, 6.07) is 0. The van der Waals surface area contributed by atoms with Gasteiger partial charge in [-0.15, -0.1) is 0 Å². The predicted molar refractivity (Wildman–Crippen MR) is 38.6 cm³/mol. The Bertz CT molecular complexity index is 330. The Morgan fingerprint density at radius 3 is 1.83 bits per heavy atom. The van der Waals surface area contributed by atoms with E-state index in [4.69, 9.17) is 0 Å². The van der Waals surface area contributed by atoms with Crippen molar-refractivity contribution in [2.45, 2.75) is 24.8 Å². The molecule has 0 aliphatic rings. The van der Waals surface area contributed by atoms with Crippen LogP contribution in [0.25, 0.3) is 0 Å². The zero-order valence-electron chi connectivity index (χ0n) is 8.47. The topological polar surface area (TPSA) is 64.7 Å². The summed E-state index contributed by atoms with van der Waals surface area (Å²) in [4.78, 5) is 10.8. The standard InChI is InChI=1S/C6H5F7N2O3/c1-2-18-3(16)4(5(7,8)9,6(10,11)12)14-15(13)17/h2H2,1H3. The van der Waals surface area contributed by atoms with Crippen LogP contribution in [0.2, 0.25) is 0 Å². The third-order valence-electron chi connectivity index (χ3n) is 1.62. The average molecular weight is 286 g/mol. The van der Waals surface area contributed by atoms with Crippen LogP contribution in [0.15, 0.2) is 5.11 Å². The van der Waals surface area contributed by atoms with E-state index in [0.29, 0.717) is 0 Å². The van der Waals surface area contributed by atoms with Crippen molar-refractivity contribution < 1.29 is 45.4 Å². The van der Waals surface area contributed by atoms with Crippen LogP contribution in [-0.4, -0.2) is 35.6 Å². The number of esters is 1. The molecule has 0 spiro atoms. The molecule has 0 N–H and O–H groups in total. The van der Waals surface area contributed by atoms with Crippen molar-refractivity contribution in [3.8, 4) is 0 Å². The van der Waals surface area contributed by atoms with Crippen molar-refractivity contribution in [3.05, 3.63) is 5.21 Å². The average Bonchev–Trinajstić information content (AvgIpc) is 2.09. The second kappa shape index (κ2) is 4.94. The fourth-order valence-corrected chi connectivity index (χ4v) is 0.900. The number of rotatable bonds is 3. The Morgan fingerprint density at radius 2 is 1.61 bits per heavy atom. The molecule has 0 bridgehead atoms. The van der Waals surface area contributed by atoms with Gasteiger partial charge in [-0.1, -0.05) is 0 Å². The number of carbonyl (C=O) groups excluding carboxylic acids is 1. The molecule has 18 heavy (non-hydrogen) atoms. The van der Waals surface area contributed by atoms with Gasteiger partial charge in [0.2, 0.25) is 0 Å². The van der Waals surface area contributed by atoms with E-state index in [2.05, 4.69) is 4.74 Å². The normalized spacial score (nSPS) is 14.6. The van der Waals surface area contributed by atoms with Gasteiger partial charge < -0.3 is 9.94 Å². The summed E-state index contributed by atoms with van der Waals surface area (Å²) in [6.45, 7) is 0.0627. The monoisotopic (exact) mass is 286 g/mol. The van der Waals surface area contributed by atoms with Gasteiger partial charge in [0.25, 0.3) is 0 Å². The first-order valence-electron chi connectivity index (χ1n) is 4.06. The fraction of sp³-hybridized carbons (Fsp3) is 0.833. The summed E-state index contributed by atoms with van der Waals surface area (Å²) in [7, 11) is 0. The predicted octanol–water partition coefficient (Wildman–Crippen LogP) is 2.26. The van der Waals surface area contributed by atoms with Crippen molar-refractivity contribution >= 4 is 5.97 Å². The molecule has 0 heterocycles. The highest BCUT2D eigenvalue weighted by Gasteiger charge is 2.81. The number of hydrogen-bond donors (Lipinski definition) is 0. The molecule has 0 aliphatic carbocycles. The van der Waals surface area contributed by atoms with Gasteiger partial charge in [0.15, 0.2) is 5.08 Å². The van der Waals surface area contributed by atoms with E-state index < -0.39 is 35.6 Å². The van der Waals surface area contributed by atoms with Crippen LogP contribution >= 0.6 is 0 Å². The van der Waals surface area contributed by atoms with Crippen LogP contribution in [-0.2, 0) is 9.53 Å². The number of halogens is 7. The molecule has 0 atom stereocenters. The molecule has 0 amide bonds. The fourth-order valence-electron chi connectivity index (χ4n) is 0.900. The Hall–Kier alpha value is -1.62. The second-order valence-electron chi connectivity index (χ2n) is 2.75. The molecule has 0 aromatic rings. The van der Waals surface area contributed by atoms with Crippen molar-refractivity contribution in [1.82, 2.24) is 0 Å². The van der Waals surface area contributed by atoms with Crippen LogP contribution in [0, 0.1) is 5.21 Å². The molecule has 12 heteroatoms. The molecular weight excluding hydrogens is 281 g/mol. The number of ether oxygens (including phenoxy) is 1. The molecule has 0 fully saturated rings. The summed E-state index contributed by atoms with van der Waals surface area (Å²) in [6.07, 6.45) is -12.8. The first kappa shape index (κ1) is 16.4. The van der Waals surface area contributed by atoms with E-state index in [1.807, 2.05) is 0 Å². The van der Waals surface area contributed by atoms with Gasteiger partial charge in [-0.3, -0.25) is 0 Å². The van der Waals surface area contributed by atoms with Gasteiger partial charge in [0, 0.05) is 0 Å². The first-order valence-corrected chi connectivity index (χ1v) is 4.06. The summed E-state index contributed by atoms with van der Waals surface area (Å²) >= 11 is 0. The Labute approximate surface area is 94.3 Å². The first-order chi connectivity index (χ1) is 7.90. The van der Waals surface area contributed by atoms with Gasteiger partial charge in [-0.05, 0) is 6.92 Å². The minimum absolute atomic E-state index is 0.854. The Balaban J connectivity index is 6.07. The summed E-state index contributed by atoms with van der Waals surface area (Å²) < 4.78 is 89.5. The van der Waals surface area contributed by atoms with Gasteiger partial charge in [0.05, 0.1) is 11.7 Å². The minimum Gasteiger partial charge on any atom is -0.556 e. The van der Waals surface area contributed by atoms with Crippen LogP contribution in [0.1, 0.15) is 6.92 Å². The Kier molecular flexibility index (Phi) is 4.49. The van der Waals surface area contributed by atoms with Crippen molar-refractivity contribution in [1.29, 1.82) is 0 Å². The number of carbonyl (C=O) groups is 1. The Morgan fingerprint density at radius 1 is 1.22 bits per heavy atom. The molecule has 0 aromatic carbocycles. The molecular formula is C6H5F7N2O3. The van der Waals surface area contributed by atoms with E-state index in [1.165, 1.54) is 0 Å². The molecule has 0 unspecified atom stereocenters. The van der Waals surface area contributed by atoms with Crippen LogP contribution in [0.4, 0.5) is 30.8 Å². The third kappa shape index (κ3) is 2.79. The molecule has 0 aliphatic heterocycles. The van der Waals surface area contributed by atoms with Gasteiger partial charge in [-0.25, -0.2) is 4.79 Å². The number of nitrogens with zero attached hydrogens (tertiary/aromatic N) is 2. The van der Waals surface area contributed by atoms with E-state index in [9.17, 15) is 40.8 Å². The maximum absolute atomic E-state index is 12.4. The largest absolute Gasteiger partial charge is 0.556 e. The van der Waals surface area contributed by atoms with Crippen molar-refractivity contribution in [3.63, 3.8) is 0 Å².